The van der Waals surface area contributed by atoms with Gasteiger partial charge in [-0.05, 0) is 47.5 Å². The summed E-state index contributed by atoms with van der Waals surface area (Å²) in [5, 5.41) is 7.51. The molecule has 0 saturated carbocycles. The highest BCUT2D eigenvalue weighted by Gasteiger charge is 2.19. The Labute approximate surface area is 180 Å². The van der Waals surface area contributed by atoms with E-state index in [2.05, 4.69) is 10.6 Å². The summed E-state index contributed by atoms with van der Waals surface area (Å²) >= 11 is 0. The van der Waals surface area contributed by atoms with Crippen LogP contribution in [-0.2, 0) is 9.59 Å². The van der Waals surface area contributed by atoms with E-state index in [9.17, 15) is 14.4 Å². The molecule has 7 heteroatoms. The summed E-state index contributed by atoms with van der Waals surface area (Å²) in [6.45, 7) is 1.95. The van der Waals surface area contributed by atoms with Crippen LogP contribution in [0.1, 0.15) is 35.2 Å². The maximum absolute atomic E-state index is 12.9. The third-order valence-electron chi connectivity index (χ3n) is 5.05. The molecule has 0 aliphatic heterocycles. The van der Waals surface area contributed by atoms with Gasteiger partial charge in [0.05, 0.1) is 24.3 Å². The van der Waals surface area contributed by atoms with E-state index >= 15 is 0 Å². The van der Waals surface area contributed by atoms with Crippen LogP contribution in [0.5, 0.6) is 5.75 Å². The van der Waals surface area contributed by atoms with Crippen LogP contribution in [0.4, 0.5) is 5.69 Å². The lowest BCUT2D eigenvalue weighted by Gasteiger charge is -2.16. The van der Waals surface area contributed by atoms with Crippen molar-refractivity contribution in [3.8, 4) is 5.75 Å². The zero-order chi connectivity index (χ0) is 22.4. The second-order valence-corrected chi connectivity index (χ2v) is 7.20. The third-order valence-corrected chi connectivity index (χ3v) is 5.05. The zero-order valence-corrected chi connectivity index (χ0v) is 17.5. The van der Waals surface area contributed by atoms with Crippen molar-refractivity contribution < 1.29 is 19.1 Å². The Kier molecular flexibility index (Phi) is 6.87. The smallest absolute Gasteiger partial charge is 0.253 e. The number of hydrogen-bond donors (Lipinski definition) is 3. The Morgan fingerprint density at radius 2 is 1.71 bits per heavy atom. The quantitative estimate of drug-likeness (QED) is 0.521. The van der Waals surface area contributed by atoms with Crippen molar-refractivity contribution in [2.45, 2.75) is 19.3 Å². The number of fused-ring (bicyclic) bond motifs is 1. The Morgan fingerprint density at radius 1 is 1.00 bits per heavy atom. The number of carbonyl (C=O) groups excluding carboxylic acids is 3. The highest BCUT2D eigenvalue weighted by molar-refractivity contribution is 6.05. The van der Waals surface area contributed by atoms with Crippen LogP contribution in [0.25, 0.3) is 10.8 Å². The van der Waals surface area contributed by atoms with Gasteiger partial charge in [-0.25, -0.2) is 0 Å². The fourth-order valence-corrected chi connectivity index (χ4v) is 3.22. The van der Waals surface area contributed by atoms with Gasteiger partial charge in [0, 0.05) is 13.0 Å². The third kappa shape index (κ3) is 5.39. The number of benzene rings is 3. The van der Waals surface area contributed by atoms with Crippen LogP contribution in [0, 0.1) is 0 Å². The van der Waals surface area contributed by atoms with Gasteiger partial charge in [-0.3, -0.25) is 14.4 Å². The van der Waals surface area contributed by atoms with Gasteiger partial charge < -0.3 is 21.1 Å². The summed E-state index contributed by atoms with van der Waals surface area (Å²) in [7, 11) is 1.62. The molecule has 160 valence electrons. The second kappa shape index (κ2) is 9.75. The van der Waals surface area contributed by atoms with Crippen molar-refractivity contribution >= 4 is 34.2 Å². The largest absolute Gasteiger partial charge is 0.497 e. The van der Waals surface area contributed by atoms with Gasteiger partial charge in [0.1, 0.15) is 5.75 Å². The molecule has 0 saturated heterocycles. The average Bonchev–Trinajstić information content (AvgIpc) is 2.77. The molecule has 31 heavy (non-hydrogen) atoms. The molecule has 0 bridgehead atoms. The second-order valence-electron chi connectivity index (χ2n) is 7.20. The van der Waals surface area contributed by atoms with Crippen molar-refractivity contribution in [1.29, 1.82) is 0 Å². The van der Waals surface area contributed by atoms with Gasteiger partial charge in [-0.2, -0.15) is 0 Å². The van der Waals surface area contributed by atoms with E-state index in [1.54, 1.807) is 31.4 Å². The average molecular weight is 419 g/mol. The first-order valence-corrected chi connectivity index (χ1v) is 9.93. The summed E-state index contributed by atoms with van der Waals surface area (Å²) in [6, 6.07) is 18.3. The van der Waals surface area contributed by atoms with Crippen LogP contribution >= 0.6 is 0 Å². The minimum absolute atomic E-state index is 0.0468. The predicted molar refractivity (Wildman–Crippen MR) is 120 cm³/mol. The Hall–Kier alpha value is -3.87. The molecule has 0 aliphatic carbocycles. The maximum Gasteiger partial charge on any atom is 0.253 e. The highest BCUT2D eigenvalue weighted by atomic mass is 16.5. The van der Waals surface area contributed by atoms with Gasteiger partial charge in [0.25, 0.3) is 5.91 Å². The zero-order valence-electron chi connectivity index (χ0n) is 17.5. The maximum atomic E-state index is 12.9. The summed E-state index contributed by atoms with van der Waals surface area (Å²) < 4.78 is 5.25. The number of hydrogen-bond acceptors (Lipinski definition) is 4. The molecule has 0 radical (unpaired) electrons. The lowest BCUT2D eigenvalue weighted by molar-refractivity contribution is -0.118. The minimum Gasteiger partial charge on any atom is -0.497 e. The molecular formula is C24H25N3O4. The first kappa shape index (κ1) is 21.8. The predicted octanol–water partition coefficient (Wildman–Crippen LogP) is 3.20. The molecule has 3 aromatic rings. The molecule has 3 aromatic carbocycles. The van der Waals surface area contributed by atoms with Crippen LogP contribution in [0.2, 0.25) is 0 Å². The SMILES string of the molecule is COc1ccc2cc([C@H](C)C(=O)Nc3ccccc3C(=O)NCCC(N)=O)ccc2c1. The normalized spacial score (nSPS) is 11.5. The van der Waals surface area contributed by atoms with Gasteiger partial charge in [0.15, 0.2) is 0 Å². The molecule has 3 amide bonds. The number of primary amides is 1. The molecule has 1 atom stereocenters. The molecule has 3 rings (SSSR count). The van der Waals surface area contributed by atoms with Gasteiger partial charge in [-0.1, -0.05) is 36.4 Å². The van der Waals surface area contributed by atoms with Crippen LogP contribution in [0.3, 0.4) is 0 Å². The van der Waals surface area contributed by atoms with Crippen molar-refractivity contribution in [2.24, 2.45) is 5.73 Å². The van der Waals surface area contributed by atoms with E-state index < -0.39 is 11.8 Å². The number of nitrogens with one attached hydrogen (secondary N) is 2. The van der Waals surface area contributed by atoms with Crippen molar-refractivity contribution in [1.82, 2.24) is 5.32 Å². The molecular weight excluding hydrogens is 394 g/mol. The van der Waals surface area contributed by atoms with Crippen LogP contribution in [0.15, 0.2) is 60.7 Å². The molecule has 0 spiro atoms. The van der Waals surface area contributed by atoms with E-state index in [-0.39, 0.29) is 24.8 Å². The Balaban J connectivity index is 1.74. The molecule has 0 aliphatic rings. The van der Waals surface area contributed by atoms with E-state index in [4.69, 9.17) is 10.5 Å². The number of rotatable bonds is 8. The monoisotopic (exact) mass is 419 g/mol. The first-order valence-electron chi connectivity index (χ1n) is 9.93. The Morgan fingerprint density at radius 3 is 2.45 bits per heavy atom. The van der Waals surface area contributed by atoms with E-state index in [1.165, 1.54) is 0 Å². The summed E-state index contributed by atoms with van der Waals surface area (Å²) in [4.78, 5) is 36.2. The van der Waals surface area contributed by atoms with E-state index in [1.807, 2.05) is 43.3 Å². The van der Waals surface area contributed by atoms with Crippen LogP contribution < -0.4 is 21.1 Å². The Bertz CT molecular complexity index is 1130. The summed E-state index contributed by atoms with van der Waals surface area (Å²) in [5.74, 6) is -0.770. The minimum atomic E-state index is -0.496. The fourth-order valence-electron chi connectivity index (χ4n) is 3.22. The number of carbonyl (C=O) groups is 3. The van der Waals surface area contributed by atoms with E-state index in [0.717, 1.165) is 22.1 Å². The summed E-state index contributed by atoms with van der Waals surface area (Å²) in [6.07, 6.45) is 0.0468. The number of anilines is 1. The van der Waals surface area contributed by atoms with Crippen molar-refractivity contribution in [3.05, 3.63) is 71.8 Å². The van der Waals surface area contributed by atoms with Gasteiger partial charge >= 0.3 is 0 Å². The molecule has 0 unspecified atom stereocenters. The first-order chi connectivity index (χ1) is 14.9. The topological polar surface area (TPSA) is 111 Å². The number of ether oxygens (including phenoxy) is 1. The molecule has 0 aromatic heterocycles. The molecule has 4 N–H and O–H groups in total. The standard InChI is InChI=1S/C24H25N3O4/c1-15(16-7-8-18-14-19(31-2)10-9-17(18)13-16)23(29)27-21-6-4-3-5-20(21)24(30)26-12-11-22(25)28/h3-10,13-15H,11-12H2,1-2H3,(H2,25,28)(H,26,30)(H,27,29)/t15-/m0/s1. The summed E-state index contributed by atoms with van der Waals surface area (Å²) in [5.41, 5.74) is 6.68. The van der Waals surface area contributed by atoms with Crippen molar-refractivity contribution in [3.63, 3.8) is 0 Å². The highest BCUT2D eigenvalue weighted by Crippen LogP contribution is 2.26. The lowest BCUT2D eigenvalue weighted by Crippen LogP contribution is -2.29. The number of para-hydroxylation sites is 1. The molecule has 0 heterocycles. The number of methoxy groups -OCH3 is 1. The van der Waals surface area contributed by atoms with Crippen molar-refractivity contribution in [2.75, 3.05) is 19.0 Å². The molecule has 0 fully saturated rings. The van der Waals surface area contributed by atoms with Gasteiger partial charge in [-0.15, -0.1) is 0 Å². The number of amides is 3. The molecule has 7 nitrogen and oxygen atoms in total. The fraction of sp³-hybridized carbons (Fsp3) is 0.208. The van der Waals surface area contributed by atoms with Gasteiger partial charge in [0.2, 0.25) is 11.8 Å². The van der Waals surface area contributed by atoms with E-state index in [0.29, 0.717) is 11.3 Å². The lowest BCUT2D eigenvalue weighted by atomic mass is 9.96. The van der Waals surface area contributed by atoms with Crippen LogP contribution in [-0.4, -0.2) is 31.4 Å². The number of nitrogens with two attached hydrogens (primary N) is 1.